The Morgan fingerprint density at radius 3 is 2.47 bits per heavy atom. The topological polar surface area (TPSA) is 106 Å². The molecule has 2 aromatic carbocycles. The lowest BCUT2D eigenvalue weighted by Crippen LogP contribution is -2.32. The first-order chi connectivity index (χ1) is 16.7. The maximum Gasteiger partial charge on any atom is 0.264 e. The molecular weight excluding hydrogens is 507 g/mol. The monoisotopic (exact) mass is 534 g/mol. The Hall–Kier alpha value is -3.01. The van der Waals surface area contributed by atoms with Crippen molar-refractivity contribution in [2.45, 2.75) is 50.5 Å². The zero-order valence-corrected chi connectivity index (χ0v) is 22.2. The summed E-state index contributed by atoms with van der Waals surface area (Å²) in [5.74, 6) is -1.11. The lowest BCUT2D eigenvalue weighted by atomic mass is 9.88. The molecule has 36 heavy (non-hydrogen) atoms. The van der Waals surface area contributed by atoms with Crippen molar-refractivity contribution in [3.05, 3.63) is 76.2 Å². The van der Waals surface area contributed by atoms with E-state index in [1.807, 2.05) is 13.8 Å². The van der Waals surface area contributed by atoms with Crippen LogP contribution in [0, 0.1) is 5.82 Å². The highest BCUT2D eigenvalue weighted by molar-refractivity contribution is 7.90. The van der Waals surface area contributed by atoms with Crippen LogP contribution in [0.1, 0.15) is 50.3 Å². The van der Waals surface area contributed by atoms with Crippen molar-refractivity contribution in [2.75, 3.05) is 7.11 Å². The van der Waals surface area contributed by atoms with E-state index in [0.717, 1.165) is 0 Å². The molecule has 1 aromatic heterocycles. The van der Waals surface area contributed by atoms with Gasteiger partial charge in [0.15, 0.2) is 0 Å². The average Bonchev–Trinajstić information content (AvgIpc) is 2.78. The Balaban J connectivity index is 1.98. The van der Waals surface area contributed by atoms with Crippen LogP contribution in [0.3, 0.4) is 0 Å². The van der Waals surface area contributed by atoms with Crippen LogP contribution in [0.2, 0.25) is 5.02 Å². The van der Waals surface area contributed by atoms with Crippen LogP contribution in [0.25, 0.3) is 11.1 Å². The van der Waals surface area contributed by atoms with Crippen molar-refractivity contribution in [3.8, 4) is 17.0 Å². The summed E-state index contributed by atoms with van der Waals surface area (Å²) >= 11 is 6.18. The number of nitrogens with one attached hydrogen (secondary N) is 1. The molecule has 7 nitrogen and oxygen atoms in total. The van der Waals surface area contributed by atoms with Gasteiger partial charge in [0.25, 0.3) is 10.0 Å². The molecule has 1 amide bonds. The summed E-state index contributed by atoms with van der Waals surface area (Å²) in [5, 5.41) is 10.2. The Morgan fingerprint density at radius 2 is 1.89 bits per heavy atom. The Labute approximate surface area is 215 Å². The highest BCUT2D eigenvalue weighted by atomic mass is 35.5. The largest absolute Gasteiger partial charge is 0.481 e. The van der Waals surface area contributed by atoms with E-state index in [4.69, 9.17) is 16.3 Å². The van der Waals surface area contributed by atoms with Gasteiger partial charge in [0.1, 0.15) is 5.82 Å². The lowest BCUT2D eigenvalue weighted by Gasteiger charge is -2.20. The van der Waals surface area contributed by atoms with Gasteiger partial charge in [-0.1, -0.05) is 31.5 Å². The fourth-order valence-electron chi connectivity index (χ4n) is 3.88. The number of carbonyl (C=O) groups excluding carboxylic acids is 1. The van der Waals surface area contributed by atoms with Crippen LogP contribution in [-0.2, 0) is 26.8 Å². The molecule has 0 radical (unpaired) electrons. The molecule has 0 bridgehead atoms. The fourth-order valence-corrected chi connectivity index (χ4v) is 5.37. The maximum absolute atomic E-state index is 14.5. The number of hydrogen-bond acceptors (Lipinski definition) is 6. The number of rotatable bonds is 8. The highest BCUT2D eigenvalue weighted by Gasteiger charge is 2.25. The number of aliphatic hydroxyl groups is 1. The lowest BCUT2D eigenvalue weighted by molar-refractivity contribution is -0.118. The Bertz CT molecular complexity index is 1400. The third kappa shape index (κ3) is 6.21. The van der Waals surface area contributed by atoms with Crippen molar-refractivity contribution in [2.24, 2.45) is 0 Å². The van der Waals surface area contributed by atoms with Crippen LogP contribution < -0.4 is 9.46 Å². The van der Waals surface area contributed by atoms with Crippen molar-refractivity contribution in [3.63, 3.8) is 0 Å². The summed E-state index contributed by atoms with van der Waals surface area (Å²) in [6.07, 6.45) is 1.19. The summed E-state index contributed by atoms with van der Waals surface area (Å²) < 4.78 is 47.6. The summed E-state index contributed by atoms with van der Waals surface area (Å²) in [6.45, 7) is 6.76. The van der Waals surface area contributed by atoms with E-state index in [1.54, 1.807) is 12.1 Å². The Morgan fingerprint density at radius 1 is 1.19 bits per heavy atom. The number of ether oxygens (including phenoxy) is 1. The summed E-state index contributed by atoms with van der Waals surface area (Å²) in [6, 6.07) is 9.76. The normalized spacial score (nSPS) is 12.0. The van der Waals surface area contributed by atoms with Gasteiger partial charge in [0.05, 0.1) is 24.0 Å². The molecule has 192 valence electrons. The minimum atomic E-state index is -4.26. The van der Waals surface area contributed by atoms with Crippen LogP contribution >= 0.6 is 11.6 Å². The summed E-state index contributed by atoms with van der Waals surface area (Å²) in [5.41, 5.74) is 1.14. The molecule has 0 aliphatic carbocycles. The van der Waals surface area contributed by atoms with Crippen molar-refractivity contribution >= 4 is 27.5 Å². The van der Waals surface area contributed by atoms with Crippen LogP contribution in [0.5, 0.6) is 5.88 Å². The van der Waals surface area contributed by atoms with E-state index in [0.29, 0.717) is 33.7 Å². The van der Waals surface area contributed by atoms with E-state index in [1.165, 1.54) is 57.5 Å². The van der Waals surface area contributed by atoms with Crippen molar-refractivity contribution < 1.29 is 27.4 Å². The second-order valence-electron chi connectivity index (χ2n) is 9.17. The van der Waals surface area contributed by atoms with E-state index >= 15 is 0 Å². The number of hydrogen-bond donors (Lipinski definition) is 2. The summed E-state index contributed by atoms with van der Waals surface area (Å²) in [4.78, 5) is 16.8. The minimum absolute atomic E-state index is 0.0485. The van der Waals surface area contributed by atoms with Gasteiger partial charge < -0.3 is 9.84 Å². The summed E-state index contributed by atoms with van der Waals surface area (Å²) in [7, 11) is -2.81. The number of amides is 1. The number of aromatic nitrogens is 1. The second-order valence-corrected chi connectivity index (χ2v) is 11.3. The SMILES string of the molecule is COc1cc(-c2cc(F)cc(C(C)C)c2CC(=O)NS(=O)(=O)c2ccc(C(C)(C)O)c(Cl)c2)ccn1. The molecule has 0 fully saturated rings. The van der Waals surface area contributed by atoms with Gasteiger partial charge in [-0.15, -0.1) is 0 Å². The third-order valence-electron chi connectivity index (χ3n) is 5.62. The van der Waals surface area contributed by atoms with Gasteiger partial charge in [0.2, 0.25) is 11.8 Å². The molecular formula is C26H28ClFN2O5S. The highest BCUT2D eigenvalue weighted by Crippen LogP contribution is 2.33. The third-order valence-corrected chi connectivity index (χ3v) is 7.31. The van der Waals surface area contributed by atoms with Gasteiger partial charge in [-0.05, 0) is 72.4 Å². The molecule has 0 unspecified atom stereocenters. The molecule has 10 heteroatoms. The molecule has 0 saturated carbocycles. The second kappa shape index (κ2) is 10.5. The van der Waals surface area contributed by atoms with Crippen LogP contribution in [0.15, 0.2) is 53.6 Å². The maximum atomic E-state index is 14.5. The molecule has 1 heterocycles. The smallest absolute Gasteiger partial charge is 0.264 e. The molecule has 3 rings (SSSR count). The molecule has 0 aliphatic heterocycles. The van der Waals surface area contributed by atoms with E-state index < -0.39 is 27.3 Å². The molecule has 0 aliphatic rings. The predicted octanol–water partition coefficient (Wildman–Crippen LogP) is 4.95. The van der Waals surface area contributed by atoms with E-state index in [-0.39, 0.29) is 22.3 Å². The average molecular weight is 535 g/mol. The number of nitrogens with zero attached hydrogens (tertiary/aromatic N) is 1. The fraction of sp³-hybridized carbons (Fsp3) is 0.308. The van der Waals surface area contributed by atoms with Gasteiger partial charge in [-0.2, -0.15) is 0 Å². The van der Waals surface area contributed by atoms with Crippen LogP contribution in [-0.4, -0.2) is 31.5 Å². The minimum Gasteiger partial charge on any atom is -0.481 e. The number of pyridine rings is 1. The van der Waals surface area contributed by atoms with E-state index in [9.17, 15) is 22.7 Å². The first-order valence-corrected chi connectivity index (χ1v) is 13.0. The molecule has 0 spiro atoms. The first-order valence-electron chi connectivity index (χ1n) is 11.1. The van der Waals surface area contributed by atoms with Gasteiger partial charge in [-0.3, -0.25) is 4.79 Å². The van der Waals surface area contributed by atoms with E-state index in [2.05, 4.69) is 9.71 Å². The molecule has 0 atom stereocenters. The zero-order chi connectivity index (χ0) is 26.8. The zero-order valence-electron chi connectivity index (χ0n) is 20.6. The molecule has 0 saturated heterocycles. The molecule has 3 aromatic rings. The van der Waals surface area contributed by atoms with Crippen molar-refractivity contribution in [1.29, 1.82) is 0 Å². The number of sulfonamides is 1. The quantitative estimate of drug-likeness (QED) is 0.423. The standard InChI is InChI=1S/C26H28ClFN2O5S/c1-15(2)19-11-17(28)12-20(16-8-9-29-25(10-16)35-5)21(19)14-24(31)30-36(33,34)18-6-7-22(23(27)13-18)26(3,4)32/h6-13,15,32H,14H2,1-5H3,(H,30,31). The number of carbonyl (C=O) groups is 1. The molecule has 2 N–H and O–H groups in total. The number of methoxy groups -OCH3 is 1. The Kier molecular flexibility index (Phi) is 8.07. The van der Waals surface area contributed by atoms with Gasteiger partial charge in [-0.25, -0.2) is 22.5 Å². The van der Waals surface area contributed by atoms with Gasteiger partial charge in [0, 0.05) is 22.8 Å². The van der Waals surface area contributed by atoms with Crippen LogP contribution in [0.4, 0.5) is 4.39 Å². The number of halogens is 2. The first kappa shape index (κ1) is 27.6. The van der Waals surface area contributed by atoms with Gasteiger partial charge >= 0.3 is 0 Å². The predicted molar refractivity (Wildman–Crippen MR) is 136 cm³/mol. The number of benzene rings is 2. The van der Waals surface area contributed by atoms with Crippen molar-refractivity contribution in [1.82, 2.24) is 9.71 Å².